The normalized spacial score (nSPS) is 18.5. The van der Waals surface area contributed by atoms with Gasteiger partial charge in [0.1, 0.15) is 5.76 Å². The Morgan fingerprint density at radius 1 is 1.15 bits per heavy atom. The molecule has 40 heavy (non-hydrogen) atoms. The summed E-state index contributed by atoms with van der Waals surface area (Å²) in [6.45, 7) is 0. The molecule has 0 fully saturated rings. The van der Waals surface area contributed by atoms with Crippen molar-refractivity contribution < 1.29 is 19.4 Å². The van der Waals surface area contributed by atoms with Crippen molar-refractivity contribution in [2.45, 2.75) is 44.6 Å². The maximum Gasteiger partial charge on any atom is 0.303 e. The molecule has 1 aliphatic heterocycles. The molecule has 2 aliphatic rings. The average Bonchev–Trinajstić information content (AvgIpc) is 3.40. The van der Waals surface area contributed by atoms with Crippen molar-refractivity contribution in [3.8, 4) is 0 Å². The van der Waals surface area contributed by atoms with Gasteiger partial charge in [0.15, 0.2) is 0 Å². The highest BCUT2D eigenvalue weighted by Crippen LogP contribution is 2.33. The van der Waals surface area contributed by atoms with E-state index in [0.717, 1.165) is 22.3 Å². The van der Waals surface area contributed by atoms with E-state index in [1.165, 1.54) is 5.01 Å². The number of amides is 1. The lowest BCUT2D eigenvalue weighted by molar-refractivity contribution is -0.141. The second-order valence-corrected chi connectivity index (χ2v) is 10.4. The SMILES string of the molecule is COC1=CCC(C2CC(c3c(CCc4ccccc4)c4cc(Cl)ccc4[nH]c3=O)=NN2C(=O)CCC(=O)O)C=C1. The zero-order valence-corrected chi connectivity index (χ0v) is 22.9. The molecule has 1 aliphatic carbocycles. The minimum atomic E-state index is -1.05. The smallest absolute Gasteiger partial charge is 0.303 e. The predicted octanol–water partition coefficient (Wildman–Crippen LogP) is 5.24. The van der Waals surface area contributed by atoms with Crippen molar-refractivity contribution in [2.24, 2.45) is 11.0 Å². The lowest BCUT2D eigenvalue weighted by Crippen LogP contribution is -2.38. The summed E-state index contributed by atoms with van der Waals surface area (Å²) in [5.41, 5.74) is 3.30. The van der Waals surface area contributed by atoms with E-state index >= 15 is 0 Å². The summed E-state index contributed by atoms with van der Waals surface area (Å²) < 4.78 is 5.32. The molecule has 9 heteroatoms. The molecule has 1 amide bonds. The third-order valence-corrected chi connectivity index (χ3v) is 7.70. The van der Waals surface area contributed by atoms with Crippen molar-refractivity contribution >= 4 is 40.1 Å². The molecule has 2 aromatic carbocycles. The predicted molar refractivity (Wildman–Crippen MR) is 154 cm³/mol. The molecule has 2 atom stereocenters. The number of aromatic nitrogens is 1. The molecular weight excluding hydrogens is 530 g/mol. The molecule has 2 heterocycles. The summed E-state index contributed by atoms with van der Waals surface area (Å²) >= 11 is 6.39. The Morgan fingerprint density at radius 3 is 2.65 bits per heavy atom. The number of hydrazone groups is 1. The number of methoxy groups -OCH3 is 1. The third kappa shape index (κ3) is 5.87. The Bertz CT molecular complexity index is 1590. The zero-order valence-electron chi connectivity index (χ0n) is 22.1. The number of nitrogens with zero attached hydrogens (tertiary/aromatic N) is 2. The number of carboxylic acid groups (broad SMARTS) is 1. The van der Waals surface area contributed by atoms with E-state index in [9.17, 15) is 14.4 Å². The molecular formula is C31H30ClN3O5. The number of carbonyl (C=O) groups is 2. The number of aliphatic carboxylic acids is 1. The summed E-state index contributed by atoms with van der Waals surface area (Å²) in [6.07, 6.45) is 7.59. The fourth-order valence-electron chi connectivity index (χ4n) is 5.45. The monoisotopic (exact) mass is 559 g/mol. The number of hydrogen-bond donors (Lipinski definition) is 2. The number of halogens is 1. The number of aromatic amines is 1. The van der Waals surface area contributed by atoms with Gasteiger partial charge in [-0.05, 0) is 60.7 Å². The van der Waals surface area contributed by atoms with Crippen LogP contribution in [0, 0.1) is 5.92 Å². The number of benzene rings is 2. The van der Waals surface area contributed by atoms with Crippen molar-refractivity contribution in [1.82, 2.24) is 9.99 Å². The number of nitrogens with one attached hydrogen (secondary N) is 1. The number of H-pyrrole nitrogens is 1. The van der Waals surface area contributed by atoms with Crippen molar-refractivity contribution in [3.05, 3.63) is 105 Å². The Morgan fingerprint density at radius 2 is 1.95 bits per heavy atom. The van der Waals surface area contributed by atoms with Gasteiger partial charge < -0.3 is 14.8 Å². The first-order valence-corrected chi connectivity index (χ1v) is 13.6. The highest BCUT2D eigenvalue weighted by Gasteiger charge is 2.38. The molecule has 206 valence electrons. The minimum Gasteiger partial charge on any atom is -0.497 e. The first kappa shape index (κ1) is 27.4. The van der Waals surface area contributed by atoms with Gasteiger partial charge in [0, 0.05) is 34.7 Å². The molecule has 0 spiro atoms. The number of rotatable bonds is 9. The van der Waals surface area contributed by atoms with E-state index in [1.54, 1.807) is 19.2 Å². The number of fused-ring (bicyclic) bond motifs is 1. The van der Waals surface area contributed by atoms with E-state index in [-0.39, 0.29) is 36.3 Å². The van der Waals surface area contributed by atoms with Crippen LogP contribution in [0.5, 0.6) is 0 Å². The van der Waals surface area contributed by atoms with Crippen LogP contribution in [0.2, 0.25) is 5.02 Å². The van der Waals surface area contributed by atoms with Crippen LogP contribution < -0.4 is 5.56 Å². The summed E-state index contributed by atoms with van der Waals surface area (Å²) in [7, 11) is 1.60. The maximum atomic E-state index is 13.6. The van der Waals surface area contributed by atoms with Crippen LogP contribution in [0.25, 0.3) is 10.9 Å². The van der Waals surface area contributed by atoms with Gasteiger partial charge >= 0.3 is 5.97 Å². The Labute approximate surface area is 236 Å². The Balaban J connectivity index is 1.57. The highest BCUT2D eigenvalue weighted by atomic mass is 35.5. The van der Waals surface area contributed by atoms with E-state index in [1.807, 2.05) is 54.6 Å². The van der Waals surface area contributed by atoms with Gasteiger partial charge in [0.25, 0.3) is 5.56 Å². The standard InChI is InChI=1S/C31H30ClN3O5/c1-40-22-11-8-20(9-12-22)27-18-26(34-35(27)28(36)15-16-29(37)38)30-23(13-7-19-5-3-2-4-6-19)24-17-21(32)10-14-25(24)33-31(30)39/h2-6,8,10-12,14,17,20,27H,7,9,13,15-16,18H2,1H3,(H,33,39)(H,37,38). The van der Waals surface area contributed by atoms with Crippen LogP contribution in [0.15, 0.2) is 82.4 Å². The lowest BCUT2D eigenvalue weighted by atomic mass is 9.86. The first-order chi connectivity index (χ1) is 19.3. The molecule has 2 unspecified atom stereocenters. The summed E-state index contributed by atoms with van der Waals surface area (Å²) in [5.74, 6) is -0.770. The number of ether oxygens (including phenoxy) is 1. The molecule has 0 bridgehead atoms. The Kier molecular flexibility index (Phi) is 8.16. The molecule has 1 aromatic heterocycles. The minimum absolute atomic E-state index is 0.0734. The van der Waals surface area contributed by atoms with Gasteiger partial charge in [-0.3, -0.25) is 14.4 Å². The molecule has 5 rings (SSSR count). The quantitative estimate of drug-likeness (QED) is 0.372. The topological polar surface area (TPSA) is 112 Å². The number of aryl methyl sites for hydroxylation is 2. The van der Waals surface area contributed by atoms with E-state index in [4.69, 9.17) is 26.5 Å². The van der Waals surface area contributed by atoms with Crippen LogP contribution in [0.3, 0.4) is 0 Å². The summed E-state index contributed by atoms with van der Waals surface area (Å²) in [4.78, 5) is 41.0. The van der Waals surface area contributed by atoms with Crippen LogP contribution >= 0.6 is 11.6 Å². The number of carbonyl (C=O) groups excluding carboxylic acids is 1. The van der Waals surface area contributed by atoms with Gasteiger partial charge in [-0.2, -0.15) is 5.10 Å². The van der Waals surface area contributed by atoms with Gasteiger partial charge in [-0.1, -0.05) is 48.0 Å². The maximum absolute atomic E-state index is 13.6. The van der Waals surface area contributed by atoms with E-state index in [0.29, 0.717) is 47.5 Å². The second kappa shape index (κ2) is 11.9. The van der Waals surface area contributed by atoms with Gasteiger partial charge in [0.05, 0.1) is 30.8 Å². The largest absolute Gasteiger partial charge is 0.497 e. The van der Waals surface area contributed by atoms with Crippen LogP contribution in [-0.4, -0.2) is 45.8 Å². The molecule has 8 nitrogen and oxygen atoms in total. The molecule has 2 N–H and O–H groups in total. The van der Waals surface area contributed by atoms with Crippen LogP contribution in [-0.2, 0) is 27.2 Å². The van der Waals surface area contributed by atoms with E-state index in [2.05, 4.69) is 4.98 Å². The third-order valence-electron chi connectivity index (χ3n) is 7.46. The van der Waals surface area contributed by atoms with Crippen molar-refractivity contribution in [3.63, 3.8) is 0 Å². The van der Waals surface area contributed by atoms with Crippen LogP contribution in [0.1, 0.15) is 42.4 Å². The fourth-order valence-corrected chi connectivity index (χ4v) is 5.62. The first-order valence-electron chi connectivity index (χ1n) is 13.3. The lowest BCUT2D eigenvalue weighted by Gasteiger charge is -2.28. The summed E-state index contributed by atoms with van der Waals surface area (Å²) in [5, 5.41) is 16.6. The highest BCUT2D eigenvalue weighted by molar-refractivity contribution is 6.31. The number of hydrogen-bond acceptors (Lipinski definition) is 5. The van der Waals surface area contributed by atoms with Crippen molar-refractivity contribution in [2.75, 3.05) is 7.11 Å². The average molecular weight is 560 g/mol. The fraction of sp³-hybridized carbons (Fsp3) is 0.290. The molecule has 3 aromatic rings. The molecule has 0 radical (unpaired) electrons. The zero-order chi connectivity index (χ0) is 28.2. The van der Waals surface area contributed by atoms with Crippen LogP contribution in [0.4, 0.5) is 0 Å². The number of carboxylic acids is 1. The van der Waals surface area contributed by atoms with Crippen molar-refractivity contribution in [1.29, 1.82) is 0 Å². The second-order valence-electron chi connectivity index (χ2n) is 10.0. The molecule has 0 saturated heterocycles. The summed E-state index contributed by atoms with van der Waals surface area (Å²) in [6, 6.07) is 15.0. The Hall–Kier alpha value is -4.17. The van der Waals surface area contributed by atoms with Gasteiger partial charge in [-0.25, -0.2) is 5.01 Å². The number of allylic oxidation sites excluding steroid dienone is 2. The van der Waals surface area contributed by atoms with Gasteiger partial charge in [0.2, 0.25) is 5.91 Å². The van der Waals surface area contributed by atoms with E-state index < -0.39 is 5.97 Å². The van der Waals surface area contributed by atoms with Gasteiger partial charge in [-0.15, -0.1) is 0 Å². The molecule has 0 saturated carbocycles. The number of pyridine rings is 1.